The molecule has 74 valence electrons. The molecule has 1 aliphatic rings. The van der Waals surface area contributed by atoms with Crippen molar-refractivity contribution in [2.45, 2.75) is 26.7 Å². The zero-order valence-corrected chi connectivity index (χ0v) is 8.42. The van der Waals surface area contributed by atoms with Gasteiger partial charge in [0.1, 0.15) is 0 Å². The Kier molecular flexibility index (Phi) is 3.80. The third-order valence-electron chi connectivity index (χ3n) is 2.32. The third kappa shape index (κ3) is 3.09. The lowest BCUT2D eigenvalue weighted by atomic mass is 10.0. The molecular weight excluding hydrogens is 164 g/mol. The Balaban J connectivity index is 2.37. The molecule has 13 heavy (non-hydrogen) atoms. The molecule has 0 aliphatic carbocycles. The van der Waals surface area contributed by atoms with E-state index in [0.717, 1.165) is 19.5 Å². The van der Waals surface area contributed by atoms with E-state index in [0.29, 0.717) is 5.92 Å². The van der Waals surface area contributed by atoms with Crippen LogP contribution in [0.1, 0.15) is 26.7 Å². The van der Waals surface area contributed by atoms with Crippen LogP contribution in [-0.4, -0.2) is 24.0 Å². The highest BCUT2D eigenvalue weighted by atomic mass is 16.2. The first-order valence-corrected chi connectivity index (χ1v) is 4.90. The first-order valence-electron chi connectivity index (χ1n) is 4.90. The molecule has 1 heterocycles. The monoisotopic (exact) mass is 182 g/mol. The van der Waals surface area contributed by atoms with Crippen molar-refractivity contribution in [1.82, 2.24) is 10.2 Å². The van der Waals surface area contributed by atoms with Crippen LogP contribution in [0.5, 0.6) is 0 Å². The molecule has 1 unspecified atom stereocenters. The number of nitrogens with zero attached hydrogens (tertiary/aromatic N) is 1. The van der Waals surface area contributed by atoms with Crippen LogP contribution in [-0.2, 0) is 0 Å². The van der Waals surface area contributed by atoms with E-state index in [1.54, 1.807) is 6.20 Å². The van der Waals surface area contributed by atoms with Gasteiger partial charge in [0.2, 0.25) is 0 Å². The molecule has 1 fully saturated rings. The van der Waals surface area contributed by atoms with Gasteiger partial charge in [-0.15, -0.1) is 0 Å². The molecule has 0 radical (unpaired) electrons. The van der Waals surface area contributed by atoms with Gasteiger partial charge in [-0.1, -0.05) is 13.0 Å². The number of allylic oxidation sites excluding steroid dienone is 1. The molecule has 0 spiro atoms. The predicted octanol–water partition coefficient (Wildman–Crippen LogP) is 1.96. The van der Waals surface area contributed by atoms with Crippen molar-refractivity contribution >= 4 is 6.03 Å². The molecule has 1 aliphatic heterocycles. The maximum atomic E-state index is 11.5. The molecule has 1 N–H and O–H groups in total. The topological polar surface area (TPSA) is 32.3 Å². The first kappa shape index (κ1) is 10.1. The highest BCUT2D eigenvalue weighted by Gasteiger charge is 2.19. The van der Waals surface area contributed by atoms with Crippen molar-refractivity contribution in [2.75, 3.05) is 13.1 Å². The van der Waals surface area contributed by atoms with Crippen LogP contribution in [0.25, 0.3) is 0 Å². The Hall–Kier alpha value is -0.990. The quantitative estimate of drug-likeness (QED) is 0.660. The summed E-state index contributed by atoms with van der Waals surface area (Å²) >= 11 is 0. The fourth-order valence-electron chi connectivity index (χ4n) is 1.62. The van der Waals surface area contributed by atoms with E-state index < -0.39 is 0 Å². The Labute approximate surface area is 79.8 Å². The smallest absolute Gasteiger partial charge is 0.321 e. The lowest BCUT2D eigenvalue weighted by Crippen LogP contribution is -2.43. The molecule has 3 nitrogen and oxygen atoms in total. The first-order chi connectivity index (χ1) is 6.24. The van der Waals surface area contributed by atoms with E-state index in [1.807, 2.05) is 17.9 Å². The number of likely N-dealkylation sites (tertiary alicyclic amines) is 1. The van der Waals surface area contributed by atoms with Crippen LogP contribution in [0.15, 0.2) is 12.3 Å². The highest BCUT2D eigenvalue weighted by Crippen LogP contribution is 2.14. The number of piperidine rings is 1. The van der Waals surface area contributed by atoms with Crippen LogP contribution < -0.4 is 5.32 Å². The molecule has 1 rings (SSSR count). The second kappa shape index (κ2) is 4.90. The van der Waals surface area contributed by atoms with Crippen LogP contribution in [0, 0.1) is 5.92 Å². The van der Waals surface area contributed by atoms with Crippen molar-refractivity contribution in [3.8, 4) is 0 Å². The molecule has 2 amide bonds. The summed E-state index contributed by atoms with van der Waals surface area (Å²) in [5.41, 5.74) is 0. The Bertz CT molecular complexity index is 201. The van der Waals surface area contributed by atoms with Crippen molar-refractivity contribution < 1.29 is 4.79 Å². The van der Waals surface area contributed by atoms with Crippen LogP contribution >= 0.6 is 0 Å². The summed E-state index contributed by atoms with van der Waals surface area (Å²) in [4.78, 5) is 13.3. The second-order valence-corrected chi connectivity index (χ2v) is 3.64. The van der Waals surface area contributed by atoms with Gasteiger partial charge in [0, 0.05) is 19.3 Å². The van der Waals surface area contributed by atoms with Gasteiger partial charge in [-0.3, -0.25) is 0 Å². The van der Waals surface area contributed by atoms with Gasteiger partial charge in [-0.25, -0.2) is 4.79 Å². The molecule has 0 aromatic heterocycles. The zero-order valence-electron chi connectivity index (χ0n) is 8.42. The lowest BCUT2D eigenvalue weighted by molar-refractivity contribution is 0.173. The molecule has 1 saturated heterocycles. The summed E-state index contributed by atoms with van der Waals surface area (Å²) in [5, 5.41) is 2.73. The minimum atomic E-state index is 0.0321. The maximum absolute atomic E-state index is 11.5. The Morgan fingerprint density at radius 1 is 1.62 bits per heavy atom. The van der Waals surface area contributed by atoms with E-state index in [2.05, 4.69) is 12.2 Å². The fourth-order valence-corrected chi connectivity index (χ4v) is 1.62. The molecule has 0 bridgehead atoms. The van der Waals surface area contributed by atoms with Gasteiger partial charge in [-0.2, -0.15) is 0 Å². The van der Waals surface area contributed by atoms with Crippen molar-refractivity contribution in [1.29, 1.82) is 0 Å². The van der Waals surface area contributed by atoms with E-state index >= 15 is 0 Å². The molecule has 3 heteroatoms. The van der Waals surface area contributed by atoms with Gasteiger partial charge < -0.3 is 10.2 Å². The number of carbonyl (C=O) groups excluding carboxylic acids is 1. The normalized spacial score (nSPS) is 23.5. The predicted molar refractivity (Wildman–Crippen MR) is 53.3 cm³/mol. The number of urea groups is 1. The summed E-state index contributed by atoms with van der Waals surface area (Å²) < 4.78 is 0. The molecule has 1 atom stereocenters. The summed E-state index contributed by atoms with van der Waals surface area (Å²) in [6.45, 7) is 5.87. The maximum Gasteiger partial charge on any atom is 0.321 e. The summed E-state index contributed by atoms with van der Waals surface area (Å²) in [6.07, 6.45) is 5.88. The van der Waals surface area contributed by atoms with Gasteiger partial charge in [-0.05, 0) is 25.7 Å². The fraction of sp³-hybridized carbons (Fsp3) is 0.700. The average molecular weight is 182 g/mol. The molecule has 0 aromatic carbocycles. The number of carbonyl (C=O) groups is 1. The SMILES string of the molecule is C/C=C/NC(=O)N1CCCC(C)C1. The number of nitrogens with one attached hydrogen (secondary N) is 1. The van der Waals surface area contributed by atoms with Crippen molar-refractivity contribution in [3.63, 3.8) is 0 Å². The van der Waals surface area contributed by atoms with E-state index in [1.165, 1.54) is 6.42 Å². The third-order valence-corrected chi connectivity index (χ3v) is 2.32. The molecule has 0 aromatic rings. The lowest BCUT2D eigenvalue weighted by Gasteiger charge is -2.30. The summed E-state index contributed by atoms with van der Waals surface area (Å²) in [5.74, 6) is 0.644. The summed E-state index contributed by atoms with van der Waals surface area (Å²) in [6, 6.07) is 0.0321. The van der Waals surface area contributed by atoms with Gasteiger partial charge in [0.05, 0.1) is 0 Å². The van der Waals surface area contributed by atoms with Crippen molar-refractivity contribution in [2.24, 2.45) is 5.92 Å². The number of hydrogen-bond donors (Lipinski definition) is 1. The largest absolute Gasteiger partial charge is 0.324 e. The van der Waals surface area contributed by atoms with Gasteiger partial charge in [0.25, 0.3) is 0 Å². The Morgan fingerprint density at radius 2 is 2.38 bits per heavy atom. The van der Waals surface area contributed by atoms with Crippen molar-refractivity contribution in [3.05, 3.63) is 12.3 Å². The minimum absolute atomic E-state index is 0.0321. The number of amides is 2. The van der Waals surface area contributed by atoms with Crippen LogP contribution in [0.3, 0.4) is 0 Å². The summed E-state index contributed by atoms with van der Waals surface area (Å²) in [7, 11) is 0. The van der Waals surface area contributed by atoms with E-state index in [4.69, 9.17) is 0 Å². The molecular formula is C10H18N2O. The number of hydrogen-bond acceptors (Lipinski definition) is 1. The van der Waals surface area contributed by atoms with E-state index in [9.17, 15) is 4.79 Å². The van der Waals surface area contributed by atoms with Crippen LogP contribution in [0.2, 0.25) is 0 Å². The average Bonchev–Trinajstić information content (AvgIpc) is 2.14. The highest BCUT2D eigenvalue weighted by molar-refractivity contribution is 5.75. The minimum Gasteiger partial charge on any atom is -0.324 e. The zero-order chi connectivity index (χ0) is 9.68. The Morgan fingerprint density at radius 3 is 3.00 bits per heavy atom. The van der Waals surface area contributed by atoms with Gasteiger partial charge in [0.15, 0.2) is 0 Å². The van der Waals surface area contributed by atoms with E-state index in [-0.39, 0.29) is 6.03 Å². The second-order valence-electron chi connectivity index (χ2n) is 3.64. The molecule has 0 saturated carbocycles. The number of rotatable bonds is 1. The van der Waals surface area contributed by atoms with Gasteiger partial charge >= 0.3 is 6.03 Å². The van der Waals surface area contributed by atoms with Crippen LogP contribution in [0.4, 0.5) is 4.79 Å². The standard InChI is InChI=1S/C10H18N2O/c1-3-6-11-10(13)12-7-4-5-9(2)8-12/h3,6,9H,4-5,7-8H2,1-2H3,(H,11,13)/b6-3+.